The summed E-state index contributed by atoms with van der Waals surface area (Å²) in [5, 5.41) is 0. The maximum atomic E-state index is 11.8. The van der Waals surface area contributed by atoms with Gasteiger partial charge >= 0.3 is 0 Å². The quantitative estimate of drug-likeness (QED) is 0.908. The van der Waals surface area contributed by atoms with Gasteiger partial charge in [0.25, 0.3) is 6.43 Å². The van der Waals surface area contributed by atoms with E-state index >= 15 is 0 Å². The molecular weight excluding hydrogens is 256 g/mol. The number of ether oxygens (including phenoxy) is 1. The smallest absolute Gasteiger partial charge is 0.272 e. The first kappa shape index (κ1) is 11.4. The second-order valence-corrected chi connectivity index (χ2v) is 3.53. The largest absolute Gasteiger partial charge is 0.486 e. The predicted molar refractivity (Wildman–Crippen MR) is 53.5 cm³/mol. The van der Waals surface area contributed by atoms with E-state index in [2.05, 4.69) is 15.9 Å². The molecule has 2 N–H and O–H groups in total. The normalized spacial score (nSPS) is 10.6. The van der Waals surface area contributed by atoms with Crippen molar-refractivity contribution in [2.24, 2.45) is 5.73 Å². The topological polar surface area (TPSA) is 35.2 Å². The van der Waals surface area contributed by atoms with Crippen LogP contribution in [-0.2, 0) is 6.54 Å². The van der Waals surface area contributed by atoms with Crippen LogP contribution in [0.4, 0.5) is 8.78 Å². The van der Waals surface area contributed by atoms with E-state index in [0.29, 0.717) is 16.8 Å². The lowest BCUT2D eigenvalue weighted by Gasteiger charge is -2.08. The summed E-state index contributed by atoms with van der Waals surface area (Å²) in [7, 11) is 0. The highest BCUT2D eigenvalue weighted by Gasteiger charge is 2.06. The molecule has 0 bridgehead atoms. The molecule has 0 radical (unpaired) electrons. The first-order chi connectivity index (χ1) is 6.63. The van der Waals surface area contributed by atoms with E-state index in [-0.39, 0.29) is 0 Å². The Morgan fingerprint density at radius 2 is 2.14 bits per heavy atom. The molecule has 0 saturated heterocycles. The Labute approximate surface area is 89.2 Å². The molecule has 14 heavy (non-hydrogen) atoms. The lowest BCUT2D eigenvalue weighted by atomic mass is 10.2. The number of hydrogen-bond acceptors (Lipinski definition) is 2. The van der Waals surface area contributed by atoms with Crippen LogP contribution in [0.25, 0.3) is 0 Å². The number of halogens is 3. The molecule has 0 atom stereocenters. The summed E-state index contributed by atoms with van der Waals surface area (Å²) in [5.74, 6) is 0.405. The number of alkyl halides is 2. The highest BCUT2D eigenvalue weighted by Crippen LogP contribution is 2.26. The van der Waals surface area contributed by atoms with Crippen LogP contribution < -0.4 is 10.5 Å². The van der Waals surface area contributed by atoms with Crippen LogP contribution in [0.5, 0.6) is 5.75 Å². The minimum atomic E-state index is -2.46. The second-order valence-electron chi connectivity index (χ2n) is 2.67. The summed E-state index contributed by atoms with van der Waals surface area (Å²) in [6.07, 6.45) is -2.46. The van der Waals surface area contributed by atoms with E-state index in [1.54, 1.807) is 18.2 Å². The molecule has 0 spiro atoms. The summed E-state index contributed by atoms with van der Waals surface area (Å²) >= 11 is 3.21. The molecule has 1 aromatic rings. The summed E-state index contributed by atoms with van der Waals surface area (Å²) in [4.78, 5) is 0. The van der Waals surface area contributed by atoms with Crippen molar-refractivity contribution in [2.75, 3.05) is 6.61 Å². The van der Waals surface area contributed by atoms with E-state index in [0.717, 1.165) is 5.56 Å². The zero-order chi connectivity index (χ0) is 10.6. The van der Waals surface area contributed by atoms with Gasteiger partial charge in [-0.25, -0.2) is 8.78 Å². The van der Waals surface area contributed by atoms with Crippen LogP contribution in [0.1, 0.15) is 5.56 Å². The van der Waals surface area contributed by atoms with Gasteiger partial charge in [-0.15, -0.1) is 0 Å². The summed E-state index contributed by atoms with van der Waals surface area (Å²) < 4.78 is 29.2. The molecule has 0 aliphatic heterocycles. The van der Waals surface area contributed by atoms with Crippen molar-refractivity contribution in [3.05, 3.63) is 28.2 Å². The Kier molecular flexibility index (Phi) is 4.28. The van der Waals surface area contributed by atoms with Crippen molar-refractivity contribution >= 4 is 15.9 Å². The number of rotatable bonds is 4. The van der Waals surface area contributed by atoms with Gasteiger partial charge in [0.2, 0.25) is 0 Å². The standard InChI is InChI=1S/C9H10BrF2NO/c10-7-3-6(4-13)1-2-8(7)14-5-9(11)12/h1-3,9H,4-5,13H2. The van der Waals surface area contributed by atoms with Gasteiger partial charge < -0.3 is 10.5 Å². The Balaban J connectivity index is 2.69. The Bertz CT molecular complexity index is 307. The number of benzene rings is 1. The van der Waals surface area contributed by atoms with E-state index in [9.17, 15) is 8.78 Å². The van der Waals surface area contributed by atoms with Crippen LogP contribution in [0, 0.1) is 0 Å². The molecule has 0 aromatic heterocycles. The Hall–Kier alpha value is -0.680. The Morgan fingerprint density at radius 1 is 1.43 bits per heavy atom. The lowest BCUT2D eigenvalue weighted by Crippen LogP contribution is -2.07. The van der Waals surface area contributed by atoms with Gasteiger partial charge in [0.15, 0.2) is 0 Å². The van der Waals surface area contributed by atoms with Crippen LogP contribution >= 0.6 is 15.9 Å². The molecule has 2 nitrogen and oxygen atoms in total. The first-order valence-corrected chi connectivity index (χ1v) is 4.82. The van der Waals surface area contributed by atoms with Gasteiger partial charge in [0.05, 0.1) is 4.47 Å². The summed E-state index contributed by atoms with van der Waals surface area (Å²) in [5.41, 5.74) is 6.33. The fourth-order valence-electron chi connectivity index (χ4n) is 0.941. The van der Waals surface area contributed by atoms with Crippen LogP contribution in [-0.4, -0.2) is 13.0 Å². The van der Waals surface area contributed by atoms with Crippen LogP contribution in [0.15, 0.2) is 22.7 Å². The molecule has 0 unspecified atom stereocenters. The van der Waals surface area contributed by atoms with Crippen molar-refractivity contribution in [3.8, 4) is 5.75 Å². The maximum absolute atomic E-state index is 11.8. The molecule has 0 fully saturated rings. The lowest BCUT2D eigenvalue weighted by molar-refractivity contribution is 0.0815. The average Bonchev–Trinajstić information content (AvgIpc) is 2.15. The van der Waals surface area contributed by atoms with E-state index in [1.165, 1.54) is 0 Å². The maximum Gasteiger partial charge on any atom is 0.272 e. The monoisotopic (exact) mass is 265 g/mol. The van der Waals surface area contributed by atoms with Crippen molar-refractivity contribution in [1.82, 2.24) is 0 Å². The molecule has 0 heterocycles. The fraction of sp³-hybridized carbons (Fsp3) is 0.333. The Morgan fingerprint density at radius 3 is 2.64 bits per heavy atom. The van der Waals surface area contributed by atoms with Crippen molar-refractivity contribution in [2.45, 2.75) is 13.0 Å². The van der Waals surface area contributed by atoms with E-state index in [4.69, 9.17) is 10.5 Å². The van der Waals surface area contributed by atoms with Gasteiger partial charge in [0, 0.05) is 6.54 Å². The average molecular weight is 266 g/mol. The van der Waals surface area contributed by atoms with Gasteiger partial charge in [-0.3, -0.25) is 0 Å². The molecule has 0 aliphatic carbocycles. The fourth-order valence-corrected chi connectivity index (χ4v) is 1.48. The highest BCUT2D eigenvalue weighted by molar-refractivity contribution is 9.10. The SMILES string of the molecule is NCc1ccc(OCC(F)F)c(Br)c1. The van der Waals surface area contributed by atoms with Gasteiger partial charge in [-0.05, 0) is 33.6 Å². The molecule has 5 heteroatoms. The van der Waals surface area contributed by atoms with E-state index < -0.39 is 13.0 Å². The zero-order valence-corrected chi connectivity index (χ0v) is 8.93. The van der Waals surface area contributed by atoms with E-state index in [1.807, 2.05) is 0 Å². The third-order valence-electron chi connectivity index (χ3n) is 1.60. The molecule has 1 rings (SSSR count). The van der Waals surface area contributed by atoms with Crippen LogP contribution in [0.2, 0.25) is 0 Å². The third kappa shape index (κ3) is 3.23. The molecule has 0 saturated carbocycles. The highest BCUT2D eigenvalue weighted by atomic mass is 79.9. The first-order valence-electron chi connectivity index (χ1n) is 4.03. The van der Waals surface area contributed by atoms with Crippen molar-refractivity contribution in [3.63, 3.8) is 0 Å². The van der Waals surface area contributed by atoms with Crippen molar-refractivity contribution < 1.29 is 13.5 Å². The third-order valence-corrected chi connectivity index (χ3v) is 2.22. The van der Waals surface area contributed by atoms with Gasteiger partial charge in [-0.1, -0.05) is 6.07 Å². The van der Waals surface area contributed by atoms with Crippen LogP contribution in [0.3, 0.4) is 0 Å². The summed E-state index contributed by atoms with van der Waals surface area (Å²) in [6.45, 7) is -0.186. The number of nitrogens with two attached hydrogens (primary N) is 1. The van der Waals surface area contributed by atoms with Gasteiger partial charge in [0.1, 0.15) is 12.4 Å². The summed E-state index contributed by atoms with van der Waals surface area (Å²) in [6, 6.07) is 5.11. The minimum absolute atomic E-state index is 0.405. The molecule has 78 valence electrons. The zero-order valence-electron chi connectivity index (χ0n) is 7.34. The minimum Gasteiger partial charge on any atom is -0.486 e. The molecule has 1 aromatic carbocycles. The van der Waals surface area contributed by atoms with Gasteiger partial charge in [-0.2, -0.15) is 0 Å². The molecule has 0 amide bonds. The number of hydrogen-bond donors (Lipinski definition) is 1. The predicted octanol–water partition coefficient (Wildman–Crippen LogP) is 2.55. The van der Waals surface area contributed by atoms with Crippen molar-refractivity contribution in [1.29, 1.82) is 0 Å². The molecular formula is C9H10BrF2NO. The second kappa shape index (κ2) is 5.26. The molecule has 0 aliphatic rings.